The van der Waals surface area contributed by atoms with E-state index in [-0.39, 0.29) is 18.4 Å². The second-order valence-electron chi connectivity index (χ2n) is 5.61. The third-order valence-corrected chi connectivity index (χ3v) is 4.51. The first kappa shape index (κ1) is 14.5. The monoisotopic (exact) mass is 325 g/mol. The zero-order valence-electron chi connectivity index (χ0n) is 11.3. The Balaban J connectivity index is 2.04. The Kier molecular flexibility index (Phi) is 4.31. The van der Waals surface area contributed by atoms with Crippen molar-refractivity contribution in [2.75, 3.05) is 6.61 Å². The molecule has 1 fully saturated rings. The number of carbonyl (C=O) groups excluding carboxylic acids is 1. The van der Waals surface area contributed by atoms with Crippen molar-refractivity contribution in [3.05, 3.63) is 34.3 Å². The van der Waals surface area contributed by atoms with E-state index in [0.717, 1.165) is 22.9 Å². The van der Waals surface area contributed by atoms with Crippen molar-refractivity contribution in [3.63, 3.8) is 0 Å². The summed E-state index contributed by atoms with van der Waals surface area (Å²) in [7, 11) is 0. The molecule has 1 amide bonds. The zero-order chi connectivity index (χ0) is 14.0. The van der Waals surface area contributed by atoms with Crippen LogP contribution in [0.15, 0.2) is 28.7 Å². The molecule has 0 heterocycles. The molecule has 1 saturated carbocycles. The molecular formula is C15H20BrNO2. The third kappa shape index (κ3) is 3.37. The lowest BCUT2D eigenvalue weighted by Gasteiger charge is -2.30. The van der Waals surface area contributed by atoms with E-state index in [1.165, 1.54) is 0 Å². The zero-order valence-corrected chi connectivity index (χ0v) is 12.9. The van der Waals surface area contributed by atoms with Gasteiger partial charge in [0, 0.05) is 4.47 Å². The Hall–Kier alpha value is -0.870. The topological polar surface area (TPSA) is 49.3 Å². The highest BCUT2D eigenvalue weighted by atomic mass is 79.9. The number of benzene rings is 1. The number of rotatable bonds is 5. The number of halogens is 1. The molecule has 4 heteroatoms. The molecule has 2 N–H and O–H groups in total. The molecule has 0 saturated heterocycles. The van der Waals surface area contributed by atoms with E-state index in [1.54, 1.807) is 0 Å². The van der Waals surface area contributed by atoms with Gasteiger partial charge in [-0.3, -0.25) is 4.79 Å². The number of nitrogens with one attached hydrogen (secondary N) is 1. The van der Waals surface area contributed by atoms with Crippen LogP contribution < -0.4 is 5.32 Å². The van der Waals surface area contributed by atoms with Crippen molar-refractivity contribution in [3.8, 4) is 0 Å². The fraction of sp³-hybridized carbons (Fsp3) is 0.533. The van der Waals surface area contributed by atoms with Crippen LogP contribution in [0.5, 0.6) is 0 Å². The summed E-state index contributed by atoms with van der Waals surface area (Å²) in [4.78, 5) is 12.3. The molecule has 2 rings (SSSR count). The highest BCUT2D eigenvalue weighted by Gasteiger charge is 2.42. The van der Waals surface area contributed by atoms with E-state index in [0.29, 0.717) is 5.92 Å². The number of aliphatic hydroxyl groups excluding tert-OH is 1. The molecule has 0 spiro atoms. The van der Waals surface area contributed by atoms with Gasteiger partial charge in [0.05, 0.1) is 18.1 Å². The van der Waals surface area contributed by atoms with Gasteiger partial charge in [0.2, 0.25) is 5.91 Å². The van der Waals surface area contributed by atoms with E-state index in [4.69, 9.17) is 0 Å². The van der Waals surface area contributed by atoms with Crippen LogP contribution in [-0.2, 0) is 4.79 Å². The van der Waals surface area contributed by atoms with E-state index in [9.17, 15) is 9.90 Å². The van der Waals surface area contributed by atoms with Crippen LogP contribution in [0.4, 0.5) is 0 Å². The molecule has 3 nitrogen and oxygen atoms in total. The maximum absolute atomic E-state index is 12.3. The quantitative estimate of drug-likeness (QED) is 0.874. The summed E-state index contributed by atoms with van der Waals surface area (Å²) in [5.74, 6) is 0.182. The van der Waals surface area contributed by atoms with E-state index < -0.39 is 5.54 Å². The van der Waals surface area contributed by atoms with Gasteiger partial charge in [-0.25, -0.2) is 0 Å². The van der Waals surface area contributed by atoms with Crippen molar-refractivity contribution < 1.29 is 9.90 Å². The Labute approximate surface area is 122 Å². The summed E-state index contributed by atoms with van der Waals surface area (Å²) in [6.45, 7) is 3.82. The molecule has 1 aromatic carbocycles. The summed E-state index contributed by atoms with van der Waals surface area (Å²) in [5, 5.41) is 12.5. The summed E-state index contributed by atoms with van der Waals surface area (Å²) in [6.07, 6.45) is 2.17. The van der Waals surface area contributed by atoms with Crippen molar-refractivity contribution in [2.45, 2.75) is 38.1 Å². The number of carbonyl (C=O) groups is 1. The first-order valence-corrected chi connectivity index (χ1v) is 7.44. The van der Waals surface area contributed by atoms with Crippen LogP contribution in [0.3, 0.4) is 0 Å². The molecule has 0 aromatic heterocycles. The fourth-order valence-corrected chi connectivity index (χ4v) is 2.55. The van der Waals surface area contributed by atoms with Crippen LogP contribution in [0.2, 0.25) is 0 Å². The Bertz CT molecular complexity index is 456. The van der Waals surface area contributed by atoms with Crippen LogP contribution in [0.1, 0.15) is 38.2 Å². The van der Waals surface area contributed by atoms with Crippen molar-refractivity contribution in [1.29, 1.82) is 0 Å². The molecular weight excluding hydrogens is 306 g/mol. The predicted molar refractivity (Wildman–Crippen MR) is 78.9 cm³/mol. The average molecular weight is 326 g/mol. The second kappa shape index (κ2) is 5.63. The minimum Gasteiger partial charge on any atom is -0.394 e. The largest absolute Gasteiger partial charge is 0.394 e. The third-order valence-electron chi connectivity index (χ3n) is 3.98. The molecule has 0 bridgehead atoms. The smallest absolute Gasteiger partial charge is 0.227 e. The summed E-state index contributed by atoms with van der Waals surface area (Å²) in [5.41, 5.74) is 0.512. The minimum absolute atomic E-state index is 0.00351. The van der Waals surface area contributed by atoms with Gasteiger partial charge < -0.3 is 10.4 Å². The molecule has 0 aliphatic heterocycles. The van der Waals surface area contributed by atoms with Crippen LogP contribution in [0.25, 0.3) is 0 Å². The van der Waals surface area contributed by atoms with Gasteiger partial charge in [-0.05, 0) is 50.3 Å². The van der Waals surface area contributed by atoms with Gasteiger partial charge in [-0.1, -0.05) is 28.1 Å². The predicted octanol–water partition coefficient (Wildman–Crippen LogP) is 2.83. The van der Waals surface area contributed by atoms with E-state index >= 15 is 0 Å². The standard InChI is InChI=1S/C15H20BrNO2/c1-10(11-3-7-13(16)8-4-11)14(19)17-15(2,9-18)12-5-6-12/h3-4,7-8,10,12,18H,5-6,9H2,1-2H3,(H,17,19). The Morgan fingerprint density at radius 2 is 2.05 bits per heavy atom. The first-order chi connectivity index (χ1) is 8.96. The second-order valence-corrected chi connectivity index (χ2v) is 6.53. The summed E-state index contributed by atoms with van der Waals surface area (Å²) >= 11 is 3.39. The van der Waals surface area contributed by atoms with Gasteiger partial charge in [-0.2, -0.15) is 0 Å². The van der Waals surface area contributed by atoms with Crippen molar-refractivity contribution in [1.82, 2.24) is 5.32 Å². The maximum atomic E-state index is 12.3. The lowest BCUT2D eigenvalue weighted by Crippen LogP contribution is -2.51. The van der Waals surface area contributed by atoms with Gasteiger partial charge in [0.15, 0.2) is 0 Å². The normalized spacial score (nSPS) is 19.6. The van der Waals surface area contributed by atoms with Gasteiger partial charge >= 0.3 is 0 Å². The molecule has 0 radical (unpaired) electrons. The van der Waals surface area contributed by atoms with Crippen LogP contribution >= 0.6 is 15.9 Å². The molecule has 19 heavy (non-hydrogen) atoms. The molecule has 104 valence electrons. The molecule has 2 unspecified atom stereocenters. The SMILES string of the molecule is CC(C(=O)NC(C)(CO)C1CC1)c1ccc(Br)cc1. The lowest BCUT2D eigenvalue weighted by atomic mass is 9.94. The maximum Gasteiger partial charge on any atom is 0.227 e. The number of aliphatic hydroxyl groups is 1. The molecule has 2 atom stereocenters. The van der Waals surface area contributed by atoms with Crippen LogP contribution in [0, 0.1) is 5.92 Å². The van der Waals surface area contributed by atoms with E-state index in [1.807, 2.05) is 38.1 Å². The van der Waals surface area contributed by atoms with Gasteiger partial charge in [0.25, 0.3) is 0 Å². The number of amides is 1. The Morgan fingerprint density at radius 3 is 2.53 bits per heavy atom. The average Bonchev–Trinajstić information content (AvgIpc) is 3.23. The van der Waals surface area contributed by atoms with Crippen molar-refractivity contribution >= 4 is 21.8 Å². The number of hydrogen-bond acceptors (Lipinski definition) is 2. The van der Waals surface area contributed by atoms with Crippen molar-refractivity contribution in [2.24, 2.45) is 5.92 Å². The minimum atomic E-state index is -0.472. The lowest BCUT2D eigenvalue weighted by molar-refractivity contribution is -0.124. The molecule has 1 aromatic rings. The Morgan fingerprint density at radius 1 is 1.47 bits per heavy atom. The highest BCUT2D eigenvalue weighted by molar-refractivity contribution is 9.10. The summed E-state index contributed by atoms with van der Waals surface area (Å²) in [6, 6.07) is 7.76. The first-order valence-electron chi connectivity index (χ1n) is 6.64. The summed E-state index contributed by atoms with van der Waals surface area (Å²) < 4.78 is 1.00. The molecule has 1 aliphatic rings. The number of hydrogen-bond donors (Lipinski definition) is 2. The van der Waals surface area contributed by atoms with Gasteiger partial charge in [-0.15, -0.1) is 0 Å². The fourth-order valence-electron chi connectivity index (χ4n) is 2.28. The van der Waals surface area contributed by atoms with E-state index in [2.05, 4.69) is 21.2 Å². The van der Waals surface area contributed by atoms with Crippen LogP contribution in [-0.4, -0.2) is 23.2 Å². The van der Waals surface area contributed by atoms with Gasteiger partial charge in [0.1, 0.15) is 0 Å². The molecule has 1 aliphatic carbocycles. The highest BCUT2D eigenvalue weighted by Crippen LogP contribution is 2.39.